The summed E-state index contributed by atoms with van der Waals surface area (Å²) in [6.45, 7) is 0. The van der Waals surface area contributed by atoms with Gasteiger partial charge in [0.15, 0.2) is 0 Å². The van der Waals surface area contributed by atoms with Crippen molar-refractivity contribution < 1.29 is 6.85 Å². The minimum Gasteiger partial charge on any atom is -0.309 e. The highest BCUT2D eigenvalue weighted by atomic mass is 15.2. The largest absolute Gasteiger partial charge is 0.309 e. The SMILES string of the molecule is [2H]c1c([2H])c([2H])c(-n2c3ccccc3c3cc(-c4nc(-n5c6ccccc6c6cc7ccccc7cc65)nc5ccccc45)ccc32)c([2H])c1[2H]. The first kappa shape index (κ1) is 20.7. The molecule has 10 aromatic rings. The van der Waals surface area contributed by atoms with Crippen molar-refractivity contribution in [1.82, 2.24) is 19.1 Å². The predicted octanol–water partition coefficient (Wildman–Crippen LogP) is 10.6. The zero-order valence-electron chi connectivity index (χ0n) is 29.4. The van der Waals surface area contributed by atoms with Gasteiger partial charge in [0.25, 0.3) is 0 Å². The summed E-state index contributed by atoms with van der Waals surface area (Å²) in [4.78, 5) is 10.5. The molecule has 4 nitrogen and oxygen atoms in total. The van der Waals surface area contributed by atoms with Gasteiger partial charge in [-0.2, -0.15) is 0 Å². The molecule has 0 radical (unpaired) electrons. The Morgan fingerprint density at radius 1 is 0.457 bits per heavy atom. The summed E-state index contributed by atoms with van der Waals surface area (Å²) in [6, 6.07) is 41.3. The standard InChI is InChI=1S/C42H26N4/c1-2-14-30(15-3-1)45-37-20-10-7-16-31(37)34-25-29(22-23-39(34)45)41-33-18-6-9-19-36(33)43-42(44-41)46-38-21-11-8-17-32(38)35-24-27-12-4-5-13-28(27)26-40(35)46/h1-26H/i1D,2D,3D,14D,15D. The molecule has 7 aromatic carbocycles. The molecule has 0 aliphatic rings. The number of hydrogen-bond donors (Lipinski definition) is 0. The van der Waals surface area contributed by atoms with E-state index in [4.69, 9.17) is 16.8 Å². The van der Waals surface area contributed by atoms with Crippen LogP contribution >= 0.6 is 0 Å². The lowest BCUT2D eigenvalue weighted by molar-refractivity contribution is 1.01. The number of rotatable bonds is 3. The molecule has 0 spiro atoms. The molecule has 0 fully saturated rings. The minimum absolute atomic E-state index is 0.119. The van der Waals surface area contributed by atoms with E-state index in [0.717, 1.165) is 71.2 Å². The summed E-state index contributed by atoms with van der Waals surface area (Å²) in [5, 5.41) is 7.24. The van der Waals surface area contributed by atoms with E-state index in [1.54, 1.807) is 4.57 Å². The molecule has 214 valence electrons. The molecule has 0 N–H and O–H groups in total. The number of fused-ring (bicyclic) bond motifs is 8. The van der Waals surface area contributed by atoms with Gasteiger partial charge in [-0.15, -0.1) is 0 Å². The van der Waals surface area contributed by atoms with E-state index < -0.39 is 6.04 Å². The first-order valence-electron chi connectivity index (χ1n) is 17.7. The third-order valence-corrected chi connectivity index (χ3v) is 8.99. The molecule has 0 atom stereocenters. The summed E-state index contributed by atoms with van der Waals surface area (Å²) >= 11 is 0. The van der Waals surface area contributed by atoms with Crippen molar-refractivity contribution in [1.29, 1.82) is 0 Å². The monoisotopic (exact) mass is 591 g/mol. The van der Waals surface area contributed by atoms with E-state index in [1.165, 1.54) is 5.39 Å². The van der Waals surface area contributed by atoms with Crippen LogP contribution in [0.2, 0.25) is 0 Å². The van der Waals surface area contributed by atoms with Crippen LogP contribution in [0.3, 0.4) is 0 Å². The maximum atomic E-state index is 8.77. The van der Waals surface area contributed by atoms with E-state index in [1.807, 2.05) is 66.7 Å². The molecule has 4 heteroatoms. The molecule has 0 bridgehead atoms. The summed E-state index contributed by atoms with van der Waals surface area (Å²) in [7, 11) is 0. The first-order chi connectivity index (χ1) is 24.9. The van der Waals surface area contributed by atoms with Gasteiger partial charge in [-0.3, -0.25) is 4.57 Å². The fraction of sp³-hybridized carbons (Fsp3) is 0. The molecule has 0 amide bonds. The number of aromatic nitrogens is 4. The maximum Gasteiger partial charge on any atom is 0.235 e. The summed E-state index contributed by atoms with van der Waals surface area (Å²) in [5.41, 5.74) is 6.08. The second-order valence-electron chi connectivity index (χ2n) is 11.5. The van der Waals surface area contributed by atoms with Crippen molar-refractivity contribution in [2.45, 2.75) is 0 Å². The molecule has 0 saturated carbocycles. The zero-order chi connectivity index (χ0) is 34.5. The van der Waals surface area contributed by atoms with Crippen LogP contribution in [-0.2, 0) is 0 Å². The van der Waals surface area contributed by atoms with Gasteiger partial charge in [0.05, 0.1) is 40.1 Å². The van der Waals surface area contributed by atoms with Crippen molar-refractivity contribution in [3.8, 4) is 22.9 Å². The lowest BCUT2D eigenvalue weighted by atomic mass is 10.0. The smallest absolute Gasteiger partial charge is 0.235 e. The minimum atomic E-state index is -0.417. The normalized spacial score (nSPS) is 13.4. The van der Waals surface area contributed by atoms with E-state index in [2.05, 4.69) is 65.2 Å². The van der Waals surface area contributed by atoms with Gasteiger partial charge in [0.1, 0.15) is 0 Å². The Balaban J connectivity index is 1.26. The van der Waals surface area contributed by atoms with Crippen LogP contribution in [0.25, 0.3) is 88.2 Å². The molecule has 0 saturated heterocycles. The van der Waals surface area contributed by atoms with Crippen LogP contribution in [0, 0.1) is 0 Å². The Morgan fingerprint density at radius 3 is 1.85 bits per heavy atom. The van der Waals surface area contributed by atoms with Gasteiger partial charge >= 0.3 is 0 Å². The van der Waals surface area contributed by atoms with Gasteiger partial charge in [-0.05, 0) is 65.3 Å². The van der Waals surface area contributed by atoms with Gasteiger partial charge in [-0.1, -0.05) is 103 Å². The zero-order valence-corrected chi connectivity index (χ0v) is 24.4. The first-order valence-corrected chi connectivity index (χ1v) is 15.2. The van der Waals surface area contributed by atoms with Crippen molar-refractivity contribution in [2.24, 2.45) is 0 Å². The quantitative estimate of drug-likeness (QED) is 0.205. The van der Waals surface area contributed by atoms with Crippen molar-refractivity contribution in [3.05, 3.63) is 158 Å². The van der Waals surface area contributed by atoms with Crippen molar-refractivity contribution >= 4 is 65.3 Å². The third kappa shape index (κ3) is 3.61. The summed E-state index contributed by atoms with van der Waals surface area (Å²) < 4.78 is 46.3. The van der Waals surface area contributed by atoms with Gasteiger partial charge in [0, 0.05) is 38.2 Å². The fourth-order valence-electron chi connectivity index (χ4n) is 6.97. The highest BCUT2D eigenvalue weighted by molar-refractivity contribution is 6.14. The van der Waals surface area contributed by atoms with E-state index in [-0.39, 0.29) is 29.9 Å². The Bertz CT molecular complexity index is 3080. The van der Waals surface area contributed by atoms with Gasteiger partial charge in [-0.25, -0.2) is 9.97 Å². The Hall–Kier alpha value is -6.26. The molecule has 0 unspecified atom stereocenters. The average molecular weight is 592 g/mol. The second-order valence-corrected chi connectivity index (χ2v) is 11.5. The topological polar surface area (TPSA) is 35.6 Å². The van der Waals surface area contributed by atoms with Crippen molar-refractivity contribution in [3.63, 3.8) is 0 Å². The second kappa shape index (κ2) is 9.62. The highest BCUT2D eigenvalue weighted by Crippen LogP contribution is 2.38. The van der Waals surface area contributed by atoms with Crippen molar-refractivity contribution in [2.75, 3.05) is 0 Å². The maximum absolute atomic E-state index is 8.77. The van der Waals surface area contributed by atoms with Crippen LogP contribution in [0.1, 0.15) is 6.85 Å². The Labute approximate surface area is 271 Å². The summed E-state index contributed by atoms with van der Waals surface area (Å²) in [5.74, 6) is 0.562. The van der Waals surface area contributed by atoms with Crippen LogP contribution in [-0.4, -0.2) is 19.1 Å². The lowest BCUT2D eigenvalue weighted by Gasteiger charge is -2.12. The Kier molecular flexibility index (Phi) is 4.32. The van der Waals surface area contributed by atoms with E-state index in [0.29, 0.717) is 5.95 Å². The number of para-hydroxylation sites is 4. The molecule has 3 aromatic heterocycles. The van der Waals surface area contributed by atoms with Crippen LogP contribution in [0.4, 0.5) is 0 Å². The number of nitrogens with zero attached hydrogens (tertiary/aromatic N) is 4. The molecule has 3 heterocycles. The lowest BCUT2D eigenvalue weighted by Crippen LogP contribution is -2.03. The van der Waals surface area contributed by atoms with Gasteiger partial charge in [0.2, 0.25) is 5.95 Å². The third-order valence-electron chi connectivity index (χ3n) is 8.99. The number of benzene rings is 7. The van der Waals surface area contributed by atoms with E-state index >= 15 is 0 Å². The van der Waals surface area contributed by atoms with Crippen LogP contribution < -0.4 is 0 Å². The molecule has 0 aliphatic carbocycles. The number of hydrogen-bond acceptors (Lipinski definition) is 2. The van der Waals surface area contributed by atoms with Crippen LogP contribution in [0.15, 0.2) is 158 Å². The molecular weight excluding hydrogens is 560 g/mol. The molecular formula is C42H26N4. The van der Waals surface area contributed by atoms with Crippen LogP contribution in [0.5, 0.6) is 0 Å². The average Bonchev–Trinajstić information content (AvgIpc) is 3.67. The van der Waals surface area contributed by atoms with E-state index in [9.17, 15) is 0 Å². The predicted molar refractivity (Wildman–Crippen MR) is 191 cm³/mol. The van der Waals surface area contributed by atoms with Gasteiger partial charge < -0.3 is 4.57 Å². The fourth-order valence-corrected chi connectivity index (χ4v) is 6.97. The molecule has 46 heavy (non-hydrogen) atoms. The molecule has 0 aliphatic heterocycles. The summed E-state index contributed by atoms with van der Waals surface area (Å²) in [6.07, 6.45) is 0. The highest BCUT2D eigenvalue weighted by Gasteiger charge is 2.19. The molecule has 10 rings (SSSR count). The Morgan fingerprint density at radius 2 is 1.07 bits per heavy atom.